The number of aryl methyl sites for hydroxylation is 1. The third-order valence-corrected chi connectivity index (χ3v) is 4.67. The number of nitrogens with zero attached hydrogens (tertiary/aromatic N) is 1. The van der Waals surface area contributed by atoms with Gasteiger partial charge in [0.25, 0.3) is 0 Å². The fraction of sp³-hybridized carbons (Fsp3) is 0.500. The molecule has 0 aliphatic heterocycles. The van der Waals surface area contributed by atoms with Gasteiger partial charge in [0.05, 0.1) is 16.4 Å². The van der Waals surface area contributed by atoms with Gasteiger partial charge in [0.1, 0.15) is 0 Å². The fourth-order valence-electron chi connectivity index (χ4n) is 1.72. The van der Waals surface area contributed by atoms with Gasteiger partial charge in [0, 0.05) is 12.1 Å². The van der Waals surface area contributed by atoms with Crippen LogP contribution in [0.5, 0.6) is 0 Å². The van der Waals surface area contributed by atoms with E-state index in [1.54, 1.807) is 13.8 Å². The van der Waals surface area contributed by atoms with E-state index in [2.05, 4.69) is 4.72 Å². The van der Waals surface area contributed by atoms with Crippen molar-refractivity contribution in [3.8, 4) is 0 Å². The predicted molar refractivity (Wildman–Crippen MR) is 73.8 cm³/mol. The molecule has 1 unspecified atom stereocenters. The monoisotopic (exact) mass is 320 g/mol. The molecule has 0 saturated carbocycles. The zero-order valence-corrected chi connectivity index (χ0v) is 12.6. The van der Waals surface area contributed by atoms with E-state index in [0.29, 0.717) is 6.07 Å². The van der Waals surface area contributed by atoms with Gasteiger partial charge in [-0.2, -0.15) is 4.39 Å². The summed E-state index contributed by atoms with van der Waals surface area (Å²) < 4.78 is 40.2. The Bertz CT molecular complexity index is 645. The first-order valence-corrected chi connectivity index (χ1v) is 7.66. The highest BCUT2D eigenvalue weighted by Gasteiger charge is 2.27. The first-order chi connectivity index (χ1) is 9.60. The Morgan fingerprint density at radius 3 is 2.43 bits per heavy atom. The minimum Gasteiger partial charge on any atom is -0.395 e. The standard InChI is InChI=1S/C12H17FN2O5S/c1-7(2)10(6-16)14-21(19,20)12-5-11(15(17)18)9(13)4-8(12)3/h4-5,7,10,14,16H,6H2,1-3H3. The summed E-state index contributed by atoms with van der Waals surface area (Å²) in [5, 5.41) is 19.9. The number of nitro groups is 1. The number of nitro benzene ring substituents is 1. The maximum Gasteiger partial charge on any atom is 0.306 e. The van der Waals surface area contributed by atoms with Gasteiger partial charge in [-0.05, 0) is 24.5 Å². The molecule has 0 aromatic heterocycles. The summed E-state index contributed by atoms with van der Waals surface area (Å²) in [4.78, 5) is 9.34. The maximum atomic E-state index is 13.4. The van der Waals surface area contributed by atoms with Crippen LogP contribution < -0.4 is 4.72 Å². The van der Waals surface area contributed by atoms with Crippen LogP contribution in [0.2, 0.25) is 0 Å². The predicted octanol–water partition coefficient (Wildman–Crippen LogP) is 1.34. The Morgan fingerprint density at radius 2 is 2.00 bits per heavy atom. The molecule has 1 aromatic carbocycles. The molecule has 0 fully saturated rings. The number of hydrogen-bond acceptors (Lipinski definition) is 5. The molecule has 1 atom stereocenters. The molecule has 7 nitrogen and oxygen atoms in total. The summed E-state index contributed by atoms with van der Waals surface area (Å²) in [6.45, 7) is 4.34. The SMILES string of the molecule is Cc1cc(F)c([N+](=O)[O-])cc1S(=O)(=O)NC(CO)C(C)C. The lowest BCUT2D eigenvalue weighted by Crippen LogP contribution is -2.41. The Labute approximate surface area is 122 Å². The maximum absolute atomic E-state index is 13.4. The molecule has 0 aliphatic carbocycles. The van der Waals surface area contributed by atoms with Crippen LogP contribution in [-0.2, 0) is 10.0 Å². The molecule has 9 heteroatoms. The van der Waals surface area contributed by atoms with Crippen molar-refractivity contribution in [1.82, 2.24) is 4.72 Å². The number of rotatable bonds is 6. The van der Waals surface area contributed by atoms with Crippen molar-refractivity contribution in [2.24, 2.45) is 5.92 Å². The molecule has 0 aliphatic rings. The molecule has 0 spiro atoms. The lowest BCUT2D eigenvalue weighted by Gasteiger charge is -2.20. The van der Waals surface area contributed by atoms with Crippen molar-refractivity contribution in [3.05, 3.63) is 33.6 Å². The average molecular weight is 320 g/mol. The van der Waals surface area contributed by atoms with Gasteiger partial charge < -0.3 is 5.11 Å². The van der Waals surface area contributed by atoms with Gasteiger partial charge in [-0.25, -0.2) is 13.1 Å². The third-order valence-electron chi connectivity index (χ3n) is 3.04. The highest BCUT2D eigenvalue weighted by molar-refractivity contribution is 7.89. The third kappa shape index (κ3) is 3.96. The fourth-order valence-corrected chi connectivity index (χ4v) is 3.34. The van der Waals surface area contributed by atoms with Gasteiger partial charge >= 0.3 is 5.69 Å². The number of aliphatic hydroxyl groups excluding tert-OH is 1. The Morgan fingerprint density at radius 1 is 1.43 bits per heavy atom. The molecule has 0 radical (unpaired) electrons. The number of nitrogens with one attached hydrogen (secondary N) is 1. The molecule has 0 saturated heterocycles. The second-order valence-corrected chi connectivity index (χ2v) is 6.66. The van der Waals surface area contributed by atoms with Gasteiger partial charge in [-0.1, -0.05) is 13.8 Å². The smallest absolute Gasteiger partial charge is 0.306 e. The quantitative estimate of drug-likeness (QED) is 0.607. The molecule has 2 N–H and O–H groups in total. The van der Waals surface area contributed by atoms with Crippen LogP contribution in [0.25, 0.3) is 0 Å². The first kappa shape index (κ1) is 17.5. The summed E-state index contributed by atoms with van der Waals surface area (Å²) in [6, 6.07) is 0.746. The van der Waals surface area contributed by atoms with Gasteiger partial charge in [0.2, 0.25) is 15.8 Å². The van der Waals surface area contributed by atoms with Crippen molar-refractivity contribution >= 4 is 15.7 Å². The minimum absolute atomic E-state index is 0.0473. The topological polar surface area (TPSA) is 110 Å². The second-order valence-electron chi connectivity index (χ2n) is 4.98. The lowest BCUT2D eigenvalue weighted by atomic mass is 10.1. The van der Waals surface area contributed by atoms with E-state index in [9.17, 15) is 22.9 Å². The van der Waals surface area contributed by atoms with E-state index >= 15 is 0 Å². The van der Waals surface area contributed by atoms with Crippen LogP contribution in [0.3, 0.4) is 0 Å². The minimum atomic E-state index is -4.10. The Kier molecular flexibility index (Phi) is 5.37. The van der Waals surface area contributed by atoms with Crippen molar-refractivity contribution in [2.45, 2.75) is 31.7 Å². The molecule has 0 amide bonds. The molecular formula is C12H17FN2O5S. The van der Waals surface area contributed by atoms with Gasteiger partial charge in [-0.15, -0.1) is 0 Å². The van der Waals surface area contributed by atoms with E-state index in [0.717, 1.165) is 6.07 Å². The molecule has 0 heterocycles. The van der Waals surface area contributed by atoms with E-state index in [1.807, 2.05) is 0 Å². The molecule has 1 rings (SSSR count). The highest BCUT2D eigenvalue weighted by Crippen LogP contribution is 2.25. The number of benzene rings is 1. The average Bonchev–Trinajstić information content (AvgIpc) is 2.34. The summed E-state index contributed by atoms with van der Waals surface area (Å²) in [5.41, 5.74) is -0.864. The van der Waals surface area contributed by atoms with Crippen molar-refractivity contribution in [1.29, 1.82) is 0 Å². The summed E-state index contributed by atoms with van der Waals surface area (Å²) >= 11 is 0. The van der Waals surface area contributed by atoms with Crippen LogP contribution in [0.15, 0.2) is 17.0 Å². The number of sulfonamides is 1. The Hall–Kier alpha value is -1.58. The van der Waals surface area contributed by atoms with Crippen molar-refractivity contribution < 1.29 is 22.8 Å². The summed E-state index contributed by atoms with van der Waals surface area (Å²) in [5.74, 6) is -1.28. The van der Waals surface area contributed by atoms with E-state index < -0.39 is 39.1 Å². The lowest BCUT2D eigenvalue weighted by molar-refractivity contribution is -0.387. The van der Waals surface area contributed by atoms with Crippen LogP contribution in [-0.4, -0.2) is 31.1 Å². The summed E-state index contributed by atoms with van der Waals surface area (Å²) in [7, 11) is -4.10. The molecule has 1 aromatic rings. The van der Waals surface area contributed by atoms with Crippen LogP contribution >= 0.6 is 0 Å². The summed E-state index contributed by atoms with van der Waals surface area (Å²) in [6.07, 6.45) is 0. The van der Waals surface area contributed by atoms with E-state index in [-0.39, 0.29) is 16.4 Å². The zero-order valence-electron chi connectivity index (χ0n) is 11.8. The zero-order chi connectivity index (χ0) is 16.4. The van der Waals surface area contributed by atoms with E-state index in [1.165, 1.54) is 6.92 Å². The van der Waals surface area contributed by atoms with Crippen molar-refractivity contribution in [3.63, 3.8) is 0 Å². The van der Waals surface area contributed by atoms with Crippen LogP contribution in [0.4, 0.5) is 10.1 Å². The molecule has 21 heavy (non-hydrogen) atoms. The van der Waals surface area contributed by atoms with E-state index in [4.69, 9.17) is 5.11 Å². The number of halogens is 1. The first-order valence-electron chi connectivity index (χ1n) is 6.18. The van der Waals surface area contributed by atoms with Gasteiger partial charge in [0.15, 0.2) is 0 Å². The highest BCUT2D eigenvalue weighted by atomic mass is 32.2. The number of hydrogen-bond donors (Lipinski definition) is 2. The largest absolute Gasteiger partial charge is 0.395 e. The molecule has 118 valence electrons. The van der Waals surface area contributed by atoms with Crippen LogP contribution in [0.1, 0.15) is 19.4 Å². The van der Waals surface area contributed by atoms with Gasteiger partial charge in [-0.3, -0.25) is 10.1 Å². The second kappa shape index (κ2) is 6.46. The Balaban J connectivity index is 3.31. The molecular weight excluding hydrogens is 303 g/mol. The van der Waals surface area contributed by atoms with Crippen molar-refractivity contribution in [2.75, 3.05) is 6.61 Å². The molecule has 0 bridgehead atoms. The van der Waals surface area contributed by atoms with Crippen LogP contribution in [0, 0.1) is 28.8 Å². The normalized spacial score (nSPS) is 13.4. The number of aliphatic hydroxyl groups is 1.